The Morgan fingerprint density at radius 2 is 2.05 bits per heavy atom. The third kappa shape index (κ3) is 4.08. The van der Waals surface area contributed by atoms with Crippen molar-refractivity contribution in [3.63, 3.8) is 0 Å². The first kappa shape index (κ1) is 15.2. The highest BCUT2D eigenvalue weighted by atomic mass is 16.5. The Balaban J connectivity index is 2.60. The Labute approximate surface area is 112 Å². The Morgan fingerprint density at radius 1 is 1.37 bits per heavy atom. The van der Waals surface area contributed by atoms with Crippen molar-refractivity contribution < 1.29 is 14.1 Å². The maximum atomic E-state index is 12.1. The standard InChI is InChI=1S/C13H21N3O3/c1-5-6-7-14-11(17)13(3,4)12(18)15-10-8-9(2)19-16-10/h8H,5-7H2,1-4H3,(H,14,17)(H,15,16,18). The molecule has 1 heterocycles. The highest BCUT2D eigenvalue weighted by molar-refractivity contribution is 6.09. The molecule has 0 bridgehead atoms. The van der Waals surface area contributed by atoms with E-state index in [1.54, 1.807) is 26.8 Å². The van der Waals surface area contributed by atoms with Crippen LogP contribution in [0, 0.1) is 12.3 Å². The van der Waals surface area contributed by atoms with Crippen LogP contribution in [0.25, 0.3) is 0 Å². The molecule has 0 saturated heterocycles. The number of nitrogens with zero attached hydrogens (tertiary/aromatic N) is 1. The van der Waals surface area contributed by atoms with Crippen molar-refractivity contribution >= 4 is 17.6 Å². The van der Waals surface area contributed by atoms with E-state index in [0.29, 0.717) is 18.1 Å². The summed E-state index contributed by atoms with van der Waals surface area (Å²) in [5.74, 6) is 0.214. The number of hydrogen-bond acceptors (Lipinski definition) is 4. The molecule has 0 aliphatic rings. The smallest absolute Gasteiger partial charge is 0.240 e. The first-order valence-electron chi connectivity index (χ1n) is 6.41. The molecule has 0 atom stereocenters. The van der Waals surface area contributed by atoms with E-state index < -0.39 is 11.3 Å². The summed E-state index contributed by atoms with van der Waals surface area (Å²) in [6.07, 6.45) is 1.89. The summed E-state index contributed by atoms with van der Waals surface area (Å²) >= 11 is 0. The summed E-state index contributed by atoms with van der Waals surface area (Å²) in [7, 11) is 0. The molecule has 1 rings (SSSR count). The van der Waals surface area contributed by atoms with Crippen molar-refractivity contribution in [1.82, 2.24) is 10.5 Å². The Bertz CT molecular complexity index is 452. The minimum atomic E-state index is -1.15. The first-order valence-corrected chi connectivity index (χ1v) is 6.41. The van der Waals surface area contributed by atoms with Crippen LogP contribution in [0.15, 0.2) is 10.6 Å². The number of aryl methyl sites for hydroxylation is 1. The van der Waals surface area contributed by atoms with Crippen LogP contribution in [0.2, 0.25) is 0 Å². The van der Waals surface area contributed by atoms with Gasteiger partial charge in [0.25, 0.3) is 0 Å². The summed E-state index contributed by atoms with van der Waals surface area (Å²) in [5.41, 5.74) is -1.15. The quantitative estimate of drug-likeness (QED) is 0.608. The number of nitrogens with one attached hydrogen (secondary N) is 2. The fourth-order valence-corrected chi connectivity index (χ4v) is 1.40. The van der Waals surface area contributed by atoms with Crippen LogP contribution >= 0.6 is 0 Å². The second-order valence-corrected chi connectivity index (χ2v) is 5.01. The molecule has 0 spiro atoms. The number of carbonyl (C=O) groups excluding carboxylic acids is 2. The zero-order valence-corrected chi connectivity index (χ0v) is 11.9. The summed E-state index contributed by atoms with van der Waals surface area (Å²) in [6, 6.07) is 1.60. The van der Waals surface area contributed by atoms with Crippen molar-refractivity contribution in [2.45, 2.75) is 40.5 Å². The molecule has 0 aromatic carbocycles. The third-order valence-electron chi connectivity index (χ3n) is 2.82. The molecule has 6 nitrogen and oxygen atoms in total. The lowest BCUT2D eigenvalue weighted by Gasteiger charge is -2.21. The molecule has 1 aromatic heterocycles. The number of aromatic nitrogens is 1. The lowest BCUT2D eigenvalue weighted by Crippen LogP contribution is -2.45. The van der Waals surface area contributed by atoms with Crippen LogP contribution in [-0.4, -0.2) is 23.5 Å². The lowest BCUT2D eigenvalue weighted by atomic mass is 9.91. The van der Waals surface area contributed by atoms with Crippen LogP contribution < -0.4 is 10.6 Å². The number of rotatable bonds is 6. The van der Waals surface area contributed by atoms with Gasteiger partial charge in [0.1, 0.15) is 11.2 Å². The Hall–Kier alpha value is -1.85. The number of unbranched alkanes of at least 4 members (excludes halogenated alkanes) is 1. The molecule has 0 aliphatic carbocycles. The van der Waals surface area contributed by atoms with Gasteiger partial charge in [-0.2, -0.15) is 0 Å². The van der Waals surface area contributed by atoms with E-state index in [-0.39, 0.29) is 5.91 Å². The molecular formula is C13H21N3O3. The summed E-state index contributed by atoms with van der Waals surface area (Å²) in [4.78, 5) is 24.0. The van der Waals surface area contributed by atoms with E-state index in [0.717, 1.165) is 12.8 Å². The largest absolute Gasteiger partial charge is 0.360 e. The molecule has 2 N–H and O–H groups in total. The van der Waals surface area contributed by atoms with Crippen molar-refractivity contribution in [3.05, 3.63) is 11.8 Å². The average Bonchev–Trinajstić information content (AvgIpc) is 2.74. The van der Waals surface area contributed by atoms with Gasteiger partial charge < -0.3 is 15.2 Å². The number of amides is 2. The van der Waals surface area contributed by atoms with E-state index in [9.17, 15) is 9.59 Å². The van der Waals surface area contributed by atoms with Gasteiger partial charge in [-0.25, -0.2) is 0 Å². The second-order valence-electron chi connectivity index (χ2n) is 5.01. The van der Waals surface area contributed by atoms with Gasteiger partial charge in [0.2, 0.25) is 11.8 Å². The summed E-state index contributed by atoms with van der Waals surface area (Å²) in [5, 5.41) is 8.99. The van der Waals surface area contributed by atoms with Crippen LogP contribution in [0.4, 0.5) is 5.82 Å². The van der Waals surface area contributed by atoms with E-state index in [1.165, 1.54) is 0 Å². The van der Waals surface area contributed by atoms with Gasteiger partial charge in [0.15, 0.2) is 5.82 Å². The SMILES string of the molecule is CCCCNC(=O)C(C)(C)C(=O)Nc1cc(C)on1. The minimum absolute atomic E-state index is 0.293. The van der Waals surface area contributed by atoms with Gasteiger partial charge in [-0.05, 0) is 27.2 Å². The Kier molecular flexibility index (Phi) is 5.09. The molecular weight excluding hydrogens is 246 g/mol. The average molecular weight is 267 g/mol. The molecule has 1 aromatic rings. The lowest BCUT2D eigenvalue weighted by molar-refractivity contribution is -0.138. The third-order valence-corrected chi connectivity index (χ3v) is 2.82. The first-order chi connectivity index (χ1) is 8.87. The molecule has 6 heteroatoms. The van der Waals surface area contributed by atoms with Gasteiger partial charge >= 0.3 is 0 Å². The minimum Gasteiger partial charge on any atom is -0.360 e. The van der Waals surface area contributed by atoms with Crippen LogP contribution in [-0.2, 0) is 9.59 Å². The monoisotopic (exact) mass is 267 g/mol. The van der Waals surface area contributed by atoms with Gasteiger partial charge in [0.05, 0.1) is 0 Å². The summed E-state index contributed by atoms with van der Waals surface area (Å²) < 4.78 is 4.85. The zero-order chi connectivity index (χ0) is 14.5. The highest BCUT2D eigenvalue weighted by Crippen LogP contribution is 2.19. The predicted octanol–water partition coefficient (Wildman–Crippen LogP) is 1.86. The predicted molar refractivity (Wildman–Crippen MR) is 71.6 cm³/mol. The van der Waals surface area contributed by atoms with E-state index >= 15 is 0 Å². The molecule has 19 heavy (non-hydrogen) atoms. The van der Waals surface area contributed by atoms with E-state index in [2.05, 4.69) is 15.8 Å². The van der Waals surface area contributed by atoms with Crippen molar-refractivity contribution in [1.29, 1.82) is 0 Å². The normalized spacial score (nSPS) is 11.2. The number of carbonyl (C=O) groups is 2. The molecule has 2 amide bonds. The van der Waals surface area contributed by atoms with Crippen LogP contribution in [0.3, 0.4) is 0 Å². The van der Waals surface area contributed by atoms with Crippen LogP contribution in [0.5, 0.6) is 0 Å². The van der Waals surface area contributed by atoms with Gasteiger partial charge in [0, 0.05) is 12.6 Å². The Morgan fingerprint density at radius 3 is 2.58 bits per heavy atom. The number of anilines is 1. The fraction of sp³-hybridized carbons (Fsp3) is 0.615. The van der Waals surface area contributed by atoms with Gasteiger partial charge in [-0.15, -0.1) is 0 Å². The topological polar surface area (TPSA) is 84.2 Å². The zero-order valence-electron chi connectivity index (χ0n) is 11.9. The van der Waals surface area contributed by atoms with Gasteiger partial charge in [-0.3, -0.25) is 9.59 Å². The van der Waals surface area contributed by atoms with Gasteiger partial charge in [-0.1, -0.05) is 18.5 Å². The fourth-order valence-electron chi connectivity index (χ4n) is 1.40. The summed E-state index contributed by atoms with van der Waals surface area (Å²) in [6.45, 7) is 7.50. The molecule has 0 unspecified atom stereocenters. The molecule has 0 radical (unpaired) electrons. The van der Waals surface area contributed by atoms with Crippen molar-refractivity contribution in [3.8, 4) is 0 Å². The van der Waals surface area contributed by atoms with E-state index in [4.69, 9.17) is 4.52 Å². The molecule has 106 valence electrons. The number of hydrogen-bond donors (Lipinski definition) is 2. The van der Waals surface area contributed by atoms with E-state index in [1.807, 2.05) is 6.92 Å². The second kappa shape index (κ2) is 6.36. The van der Waals surface area contributed by atoms with Crippen molar-refractivity contribution in [2.24, 2.45) is 5.41 Å². The maximum Gasteiger partial charge on any atom is 0.240 e. The van der Waals surface area contributed by atoms with Crippen LogP contribution in [0.1, 0.15) is 39.4 Å². The van der Waals surface area contributed by atoms with Crippen molar-refractivity contribution in [2.75, 3.05) is 11.9 Å². The molecule has 0 fully saturated rings. The maximum absolute atomic E-state index is 12.1. The molecule has 0 saturated carbocycles. The molecule has 0 aliphatic heterocycles. The highest BCUT2D eigenvalue weighted by Gasteiger charge is 2.36.